The van der Waals surface area contributed by atoms with Gasteiger partial charge in [0.05, 0.1) is 22.0 Å². The minimum absolute atomic E-state index is 0.104. The van der Waals surface area contributed by atoms with Crippen LogP contribution in [0, 0.1) is 0 Å². The highest BCUT2D eigenvalue weighted by atomic mass is 35.5. The van der Waals surface area contributed by atoms with Crippen molar-refractivity contribution < 1.29 is 21.6 Å². The first kappa shape index (κ1) is 22.0. The Kier molecular flexibility index (Phi) is 5.29. The fourth-order valence-electron chi connectivity index (χ4n) is 2.95. The van der Waals surface area contributed by atoms with Crippen LogP contribution in [0.3, 0.4) is 0 Å². The summed E-state index contributed by atoms with van der Waals surface area (Å²) in [5.41, 5.74) is -1.42. The maximum absolute atomic E-state index is 13.0. The van der Waals surface area contributed by atoms with Gasteiger partial charge in [-0.25, -0.2) is 22.6 Å². The van der Waals surface area contributed by atoms with Gasteiger partial charge in [-0.15, -0.1) is 5.10 Å². The van der Waals surface area contributed by atoms with Crippen molar-refractivity contribution in [2.24, 2.45) is 0 Å². The van der Waals surface area contributed by atoms with Gasteiger partial charge in [-0.05, 0) is 30.3 Å². The second-order valence-corrected chi connectivity index (χ2v) is 9.33. The maximum Gasteiger partial charge on any atom is 0.417 e. The first-order valence-electron chi connectivity index (χ1n) is 9.05. The van der Waals surface area contributed by atoms with Gasteiger partial charge in [0.2, 0.25) is 0 Å². The lowest BCUT2D eigenvalue weighted by Crippen LogP contribution is -2.23. The van der Waals surface area contributed by atoms with E-state index < -0.39 is 27.3 Å². The van der Waals surface area contributed by atoms with E-state index in [1.165, 1.54) is 25.4 Å². The Morgan fingerprint density at radius 2 is 1.84 bits per heavy atom. The third-order valence-electron chi connectivity index (χ3n) is 4.62. The molecule has 4 aromatic heterocycles. The lowest BCUT2D eigenvalue weighted by molar-refractivity contribution is -0.137. The van der Waals surface area contributed by atoms with E-state index in [2.05, 4.69) is 15.1 Å². The average Bonchev–Trinajstić information content (AvgIpc) is 3.09. The molecule has 13 heteroatoms. The van der Waals surface area contributed by atoms with Gasteiger partial charge in [-0.3, -0.25) is 4.98 Å². The van der Waals surface area contributed by atoms with Crippen LogP contribution in [0.4, 0.5) is 13.2 Å². The van der Waals surface area contributed by atoms with Crippen molar-refractivity contribution in [3.63, 3.8) is 0 Å². The van der Waals surface area contributed by atoms with Crippen molar-refractivity contribution in [2.45, 2.75) is 18.0 Å². The van der Waals surface area contributed by atoms with Crippen LogP contribution >= 0.6 is 11.6 Å². The molecule has 0 aliphatic rings. The lowest BCUT2D eigenvalue weighted by atomic mass is 10.2. The molecule has 166 valence electrons. The number of hydrogen-bond donors (Lipinski definition) is 0. The van der Waals surface area contributed by atoms with E-state index >= 15 is 0 Å². The molecule has 8 nitrogen and oxygen atoms in total. The molecule has 0 fully saturated rings. The molecule has 0 aliphatic heterocycles. The van der Waals surface area contributed by atoms with Crippen molar-refractivity contribution in [1.82, 2.24) is 24.1 Å². The molecular formula is C19H13ClF3N5O3S. The molecule has 0 atom stereocenters. The van der Waals surface area contributed by atoms with Gasteiger partial charge in [0.1, 0.15) is 4.90 Å². The Balaban J connectivity index is 1.95. The van der Waals surface area contributed by atoms with Crippen LogP contribution in [0.2, 0.25) is 5.02 Å². The number of rotatable bonds is 4. The summed E-state index contributed by atoms with van der Waals surface area (Å²) >= 11 is 5.83. The van der Waals surface area contributed by atoms with Gasteiger partial charge in [0.15, 0.2) is 21.3 Å². The molecule has 0 amide bonds. The highest BCUT2D eigenvalue weighted by Crippen LogP contribution is 2.29. The van der Waals surface area contributed by atoms with Crippen molar-refractivity contribution in [3.8, 4) is 17.1 Å². The number of fused-ring (bicyclic) bond motifs is 1. The largest absolute Gasteiger partial charge is 0.417 e. The predicted molar refractivity (Wildman–Crippen MR) is 110 cm³/mol. The molecular weight excluding hydrogens is 471 g/mol. The Hall–Kier alpha value is -3.25. The van der Waals surface area contributed by atoms with Gasteiger partial charge < -0.3 is 0 Å². The number of halogens is 4. The lowest BCUT2D eigenvalue weighted by Gasteiger charge is -2.10. The second-order valence-electron chi connectivity index (χ2n) is 6.65. The Labute approximate surface area is 183 Å². The van der Waals surface area contributed by atoms with E-state index in [1.807, 2.05) is 0 Å². The summed E-state index contributed by atoms with van der Waals surface area (Å²) in [5, 5.41) is 4.35. The van der Waals surface area contributed by atoms with Gasteiger partial charge >= 0.3 is 11.9 Å². The van der Waals surface area contributed by atoms with Crippen LogP contribution in [0.1, 0.15) is 12.5 Å². The fourth-order valence-corrected chi connectivity index (χ4v) is 4.09. The van der Waals surface area contributed by atoms with Crippen LogP contribution < -0.4 is 5.69 Å². The average molecular weight is 484 g/mol. The molecule has 0 saturated heterocycles. The zero-order chi connectivity index (χ0) is 23.3. The summed E-state index contributed by atoms with van der Waals surface area (Å²) < 4.78 is 66.0. The molecule has 0 aromatic carbocycles. The third kappa shape index (κ3) is 3.86. The number of alkyl halides is 3. The van der Waals surface area contributed by atoms with Gasteiger partial charge in [-0.1, -0.05) is 18.5 Å². The summed E-state index contributed by atoms with van der Waals surface area (Å²) in [5.74, 6) is -0.633. The van der Waals surface area contributed by atoms with E-state index in [1.54, 1.807) is 12.1 Å². The molecule has 0 spiro atoms. The number of hydrogen-bond acceptors (Lipinski definition) is 6. The molecule has 4 rings (SSSR count). The van der Waals surface area contributed by atoms with E-state index in [-0.39, 0.29) is 22.1 Å². The molecule has 0 saturated carbocycles. The molecule has 0 radical (unpaired) electrons. The van der Waals surface area contributed by atoms with Gasteiger partial charge in [0.25, 0.3) is 0 Å². The van der Waals surface area contributed by atoms with E-state index in [4.69, 9.17) is 11.6 Å². The zero-order valence-electron chi connectivity index (χ0n) is 16.2. The highest BCUT2D eigenvalue weighted by Gasteiger charge is 2.31. The minimum atomic E-state index is -4.67. The highest BCUT2D eigenvalue weighted by molar-refractivity contribution is 7.91. The first-order chi connectivity index (χ1) is 15.0. The maximum atomic E-state index is 13.0. The van der Waals surface area contributed by atoms with E-state index in [9.17, 15) is 26.4 Å². The van der Waals surface area contributed by atoms with Crippen LogP contribution in [0.15, 0.2) is 58.6 Å². The van der Waals surface area contributed by atoms with Crippen LogP contribution in [0.5, 0.6) is 0 Å². The Morgan fingerprint density at radius 3 is 2.47 bits per heavy atom. The predicted octanol–water partition coefficient (Wildman–Crippen LogP) is 3.41. The quantitative estimate of drug-likeness (QED) is 0.441. The summed E-state index contributed by atoms with van der Waals surface area (Å²) in [7, 11) is -3.91. The van der Waals surface area contributed by atoms with Crippen LogP contribution in [-0.2, 0) is 16.0 Å². The van der Waals surface area contributed by atoms with Crippen LogP contribution in [-0.4, -0.2) is 38.3 Å². The van der Waals surface area contributed by atoms with Crippen molar-refractivity contribution in [1.29, 1.82) is 0 Å². The topological polar surface area (TPSA) is 99.2 Å². The molecule has 0 bridgehead atoms. The normalized spacial score (nSPS) is 12.4. The molecule has 0 unspecified atom stereocenters. The summed E-state index contributed by atoms with van der Waals surface area (Å²) in [6.07, 6.45) is -1.40. The van der Waals surface area contributed by atoms with Crippen LogP contribution in [0.25, 0.3) is 22.7 Å². The molecule has 4 heterocycles. The fraction of sp³-hybridized carbons (Fsp3) is 0.158. The summed E-state index contributed by atoms with van der Waals surface area (Å²) in [6.45, 7) is 1.41. The Bertz CT molecular complexity index is 1500. The summed E-state index contributed by atoms with van der Waals surface area (Å²) in [4.78, 5) is 20.7. The monoisotopic (exact) mass is 483 g/mol. The number of nitrogens with zero attached hydrogens (tertiary/aromatic N) is 5. The second kappa shape index (κ2) is 7.71. The van der Waals surface area contributed by atoms with Crippen molar-refractivity contribution in [3.05, 3.63) is 70.0 Å². The van der Waals surface area contributed by atoms with E-state index in [0.29, 0.717) is 31.6 Å². The zero-order valence-corrected chi connectivity index (χ0v) is 17.8. The molecule has 0 N–H and O–H groups in total. The van der Waals surface area contributed by atoms with Gasteiger partial charge in [-0.2, -0.15) is 17.9 Å². The third-order valence-corrected chi connectivity index (χ3v) is 6.57. The standard InChI is InChI=1S/C19H13ClF3N5O3S/c1-2-32(30,31)15-7-11(14-5-4-13(20)9-24-14)8-25-17(15)28-18(29)27-10-12(19(21,22)23)3-6-16(27)26-28/h3-10H,2H2,1H3. The van der Waals surface area contributed by atoms with E-state index in [0.717, 1.165) is 12.1 Å². The molecule has 0 aliphatic carbocycles. The number of aromatic nitrogens is 5. The van der Waals surface area contributed by atoms with Crippen molar-refractivity contribution in [2.75, 3.05) is 5.75 Å². The molecule has 4 aromatic rings. The number of sulfone groups is 1. The molecule has 32 heavy (non-hydrogen) atoms. The summed E-state index contributed by atoms with van der Waals surface area (Å²) in [6, 6.07) is 6.21. The van der Waals surface area contributed by atoms with Crippen molar-refractivity contribution >= 4 is 27.1 Å². The smallest absolute Gasteiger partial charge is 0.255 e. The van der Waals surface area contributed by atoms with Gasteiger partial charge in [0, 0.05) is 24.2 Å². The number of pyridine rings is 3. The minimum Gasteiger partial charge on any atom is -0.255 e. The first-order valence-corrected chi connectivity index (χ1v) is 11.1. The SMILES string of the molecule is CCS(=O)(=O)c1cc(-c2ccc(Cl)cn2)cnc1-n1nc2ccc(C(F)(F)F)cn2c1=O. The Morgan fingerprint density at radius 1 is 1.09 bits per heavy atom.